The molecule has 2 amide bonds. The van der Waals surface area contributed by atoms with E-state index in [9.17, 15) is 19.5 Å². The Morgan fingerprint density at radius 2 is 1.95 bits per heavy atom. The third-order valence-electron chi connectivity index (χ3n) is 9.76. The second-order valence-electron chi connectivity index (χ2n) is 12.2. The van der Waals surface area contributed by atoms with Crippen LogP contribution in [0.1, 0.15) is 52.4 Å². The number of allylic oxidation sites excluding steroid dienone is 1. The summed E-state index contributed by atoms with van der Waals surface area (Å²) < 4.78 is 4.98. The summed E-state index contributed by atoms with van der Waals surface area (Å²) in [5, 5.41) is 12.6. The fourth-order valence-corrected chi connectivity index (χ4v) is 9.60. The fourth-order valence-electron chi connectivity index (χ4n) is 7.41. The molecule has 1 N–H and O–H groups in total. The van der Waals surface area contributed by atoms with Crippen molar-refractivity contribution in [1.29, 1.82) is 0 Å². The van der Waals surface area contributed by atoms with E-state index in [0.29, 0.717) is 13.0 Å². The molecule has 3 heterocycles. The first-order chi connectivity index (χ1) is 20.8. The number of thioether (sulfide) groups is 1. The molecule has 7 atom stereocenters. The number of ether oxygens (including phenoxy) is 1. The molecule has 1 spiro atoms. The van der Waals surface area contributed by atoms with Crippen molar-refractivity contribution in [3.05, 3.63) is 67.8 Å². The molecule has 2 unspecified atom stereocenters. The topological polar surface area (TPSA) is 87.1 Å². The van der Waals surface area contributed by atoms with Gasteiger partial charge in [-0.1, -0.05) is 62.8 Å². The summed E-state index contributed by atoms with van der Waals surface area (Å²) in [6.45, 7) is 12.0. The number of aliphatic hydroxyl groups excluding tert-OH is 1. The molecule has 0 radical (unpaired) electrons. The largest absolute Gasteiger partial charge is 0.465 e. The van der Waals surface area contributed by atoms with Crippen molar-refractivity contribution in [3.8, 4) is 0 Å². The van der Waals surface area contributed by atoms with E-state index in [0.717, 1.165) is 48.6 Å². The van der Waals surface area contributed by atoms with Gasteiger partial charge in [-0.2, -0.15) is 0 Å². The molecule has 5 rings (SSSR count). The van der Waals surface area contributed by atoms with Crippen LogP contribution in [-0.4, -0.2) is 69.6 Å². The maximum Gasteiger partial charge on any atom is 0.310 e. The first kappa shape index (κ1) is 31.3. The number of fused-ring (bicyclic) bond motifs is 2. The number of amides is 2. The third-order valence-corrected chi connectivity index (χ3v) is 11.7. The van der Waals surface area contributed by atoms with Gasteiger partial charge in [-0.3, -0.25) is 14.4 Å². The van der Waals surface area contributed by atoms with Crippen molar-refractivity contribution < 1.29 is 24.2 Å². The Balaban J connectivity index is 1.53. The van der Waals surface area contributed by atoms with Crippen LogP contribution in [0.15, 0.2) is 67.8 Å². The molecule has 3 fully saturated rings. The van der Waals surface area contributed by atoms with Crippen molar-refractivity contribution in [2.24, 2.45) is 17.8 Å². The van der Waals surface area contributed by atoms with Crippen molar-refractivity contribution in [1.82, 2.24) is 4.90 Å². The highest BCUT2D eigenvalue weighted by Gasteiger charge is 2.75. The molecule has 0 aliphatic carbocycles. The van der Waals surface area contributed by atoms with E-state index in [4.69, 9.17) is 4.74 Å². The van der Waals surface area contributed by atoms with E-state index >= 15 is 0 Å². The van der Waals surface area contributed by atoms with Gasteiger partial charge in [0, 0.05) is 17.5 Å². The molecule has 43 heavy (non-hydrogen) atoms. The van der Waals surface area contributed by atoms with Crippen LogP contribution >= 0.6 is 11.8 Å². The fraction of sp³-hybridized carbons (Fsp3) is 0.514. The molecule has 3 aliphatic rings. The average molecular weight is 605 g/mol. The van der Waals surface area contributed by atoms with Crippen molar-refractivity contribution in [2.45, 2.75) is 74.5 Å². The molecule has 2 bridgehead atoms. The Labute approximate surface area is 259 Å². The van der Waals surface area contributed by atoms with Crippen LogP contribution in [0.5, 0.6) is 0 Å². The average Bonchev–Trinajstić information content (AvgIpc) is 3.67. The lowest BCUT2D eigenvalue weighted by molar-refractivity contribution is -0.155. The van der Waals surface area contributed by atoms with Gasteiger partial charge in [0.05, 0.1) is 35.8 Å². The predicted octanol–water partition coefficient (Wildman–Crippen LogP) is 5.76. The number of unbranched alkanes of at least 4 members (excludes halogenated alkanes) is 2. The van der Waals surface area contributed by atoms with Gasteiger partial charge in [0.25, 0.3) is 5.91 Å². The Morgan fingerprint density at radius 1 is 1.19 bits per heavy atom. The minimum Gasteiger partial charge on any atom is -0.465 e. The number of likely N-dealkylation sites (tertiary alicyclic amines) is 1. The summed E-state index contributed by atoms with van der Waals surface area (Å²) in [6.07, 6.45) is 8.18. The minimum atomic E-state index is -0.817. The van der Waals surface area contributed by atoms with Crippen molar-refractivity contribution >= 4 is 46.0 Å². The van der Waals surface area contributed by atoms with Gasteiger partial charge in [0.15, 0.2) is 0 Å². The van der Waals surface area contributed by atoms with Gasteiger partial charge in [0.1, 0.15) is 6.04 Å². The summed E-state index contributed by atoms with van der Waals surface area (Å²) in [5.74, 6) is -2.05. The number of nitrogens with zero attached hydrogens (tertiary/aromatic N) is 2. The van der Waals surface area contributed by atoms with Gasteiger partial charge in [-0.05, 0) is 60.9 Å². The molecule has 230 valence electrons. The zero-order valence-electron chi connectivity index (χ0n) is 25.3. The highest BCUT2D eigenvalue weighted by Crippen LogP contribution is 2.67. The van der Waals surface area contributed by atoms with Gasteiger partial charge in [-0.25, -0.2) is 0 Å². The number of hydrogen-bond donors (Lipinski definition) is 1. The van der Waals surface area contributed by atoms with E-state index in [2.05, 4.69) is 13.2 Å². The number of aliphatic hydroxyl groups is 1. The SMILES string of the molecule is C=CCCCCOC(=O)[C@@H]1[C@H]2C(=O)N([C@@H](CO)[C@@H](C)CC)C(C(=O)N(CC=C)c3ccc4ccccc4c3)C23CC[C@H]1S3. The van der Waals surface area contributed by atoms with E-state index in [1.807, 2.05) is 62.4 Å². The van der Waals surface area contributed by atoms with Gasteiger partial charge in [0.2, 0.25) is 5.91 Å². The number of carbonyl (C=O) groups excluding carboxylic acids is 3. The highest BCUT2D eigenvalue weighted by atomic mass is 32.2. The molecule has 2 aromatic rings. The van der Waals surface area contributed by atoms with Crippen LogP contribution in [0.3, 0.4) is 0 Å². The molecule has 0 saturated carbocycles. The first-order valence-corrected chi connectivity index (χ1v) is 16.5. The number of anilines is 1. The number of esters is 1. The lowest BCUT2D eigenvalue weighted by Crippen LogP contribution is -2.58. The summed E-state index contributed by atoms with van der Waals surface area (Å²) in [6, 6.07) is 12.6. The normalized spacial score (nSPS) is 27.1. The standard InChI is InChI=1S/C35H44N2O5S/c1-5-8-9-12-20-42-34(41)29-28-17-18-35(43-28)30(29)32(39)37(27(22-38)23(4)7-3)31(35)33(40)36(19-6-2)26-16-15-24-13-10-11-14-25(24)21-26/h5-6,10-11,13-16,21,23,27-31,38H,1-2,7-9,12,17-20,22H2,3-4H3/t23-,27-,28+,29-,30-,31?,35?/m0/s1. The highest BCUT2D eigenvalue weighted by molar-refractivity contribution is 8.02. The van der Waals surface area contributed by atoms with Crippen LogP contribution in [0.2, 0.25) is 0 Å². The summed E-state index contributed by atoms with van der Waals surface area (Å²) in [5.41, 5.74) is 0.730. The predicted molar refractivity (Wildman–Crippen MR) is 173 cm³/mol. The number of rotatable bonds is 14. The summed E-state index contributed by atoms with van der Waals surface area (Å²) >= 11 is 1.63. The maximum absolute atomic E-state index is 14.9. The van der Waals surface area contributed by atoms with Crippen molar-refractivity contribution in [3.63, 3.8) is 0 Å². The zero-order valence-corrected chi connectivity index (χ0v) is 26.1. The van der Waals surface area contributed by atoms with E-state index in [-0.39, 0.29) is 42.1 Å². The van der Waals surface area contributed by atoms with Crippen LogP contribution in [-0.2, 0) is 19.1 Å². The molecule has 3 saturated heterocycles. The van der Waals surface area contributed by atoms with Crippen LogP contribution in [0, 0.1) is 17.8 Å². The van der Waals surface area contributed by atoms with E-state index < -0.39 is 28.7 Å². The molecule has 0 aromatic heterocycles. The molecular weight excluding hydrogens is 560 g/mol. The first-order valence-electron chi connectivity index (χ1n) is 15.6. The van der Waals surface area contributed by atoms with E-state index in [1.54, 1.807) is 27.6 Å². The molecule has 8 heteroatoms. The monoisotopic (exact) mass is 604 g/mol. The molecular formula is C35H44N2O5S. The molecule has 3 aliphatic heterocycles. The maximum atomic E-state index is 14.9. The molecule has 2 aromatic carbocycles. The molecule has 7 nitrogen and oxygen atoms in total. The number of carbonyl (C=O) groups is 3. The second kappa shape index (κ2) is 13.3. The quantitative estimate of drug-likeness (QED) is 0.168. The Kier molecular flexibility index (Phi) is 9.67. The number of hydrogen-bond acceptors (Lipinski definition) is 6. The Hall–Kier alpha value is -3.10. The Morgan fingerprint density at radius 3 is 2.65 bits per heavy atom. The Bertz CT molecular complexity index is 1380. The third kappa shape index (κ3) is 5.53. The lowest BCUT2D eigenvalue weighted by Gasteiger charge is -2.41. The lowest BCUT2D eigenvalue weighted by atomic mass is 9.71. The van der Waals surface area contributed by atoms with Crippen molar-refractivity contribution in [2.75, 3.05) is 24.7 Å². The van der Waals surface area contributed by atoms with Crippen LogP contribution in [0.4, 0.5) is 5.69 Å². The summed E-state index contributed by atoms with van der Waals surface area (Å²) in [4.78, 5) is 46.4. The zero-order chi connectivity index (χ0) is 30.7. The summed E-state index contributed by atoms with van der Waals surface area (Å²) in [7, 11) is 0. The number of benzene rings is 2. The second-order valence-corrected chi connectivity index (χ2v) is 13.8. The van der Waals surface area contributed by atoms with Gasteiger partial charge in [-0.15, -0.1) is 24.9 Å². The van der Waals surface area contributed by atoms with Crippen LogP contribution < -0.4 is 4.90 Å². The minimum absolute atomic E-state index is 0.0366. The van der Waals surface area contributed by atoms with Crippen LogP contribution in [0.25, 0.3) is 10.8 Å². The van der Waals surface area contributed by atoms with Gasteiger partial charge < -0.3 is 19.6 Å². The van der Waals surface area contributed by atoms with Gasteiger partial charge >= 0.3 is 5.97 Å². The smallest absolute Gasteiger partial charge is 0.310 e. The van der Waals surface area contributed by atoms with E-state index in [1.165, 1.54) is 0 Å².